The first-order valence-corrected chi connectivity index (χ1v) is 7.70. The van der Waals surface area contributed by atoms with E-state index in [2.05, 4.69) is 19.2 Å². The number of halogens is 2. The monoisotopic (exact) mass is 289 g/mol. The van der Waals surface area contributed by atoms with Crippen LogP contribution >= 0.6 is 11.8 Å². The molecular formula is C14H21F2NOS. The van der Waals surface area contributed by atoms with E-state index in [1.165, 1.54) is 19.3 Å². The van der Waals surface area contributed by atoms with Gasteiger partial charge < -0.3 is 9.73 Å². The predicted molar refractivity (Wildman–Crippen MR) is 74.3 cm³/mol. The molecule has 19 heavy (non-hydrogen) atoms. The Morgan fingerprint density at radius 3 is 2.79 bits per heavy atom. The zero-order chi connectivity index (χ0) is 13.9. The van der Waals surface area contributed by atoms with Crippen molar-refractivity contribution < 1.29 is 13.2 Å². The second-order valence-electron chi connectivity index (χ2n) is 5.92. The quantitative estimate of drug-likeness (QED) is 0.840. The molecule has 1 unspecified atom stereocenters. The van der Waals surface area contributed by atoms with E-state index in [1.807, 2.05) is 6.07 Å². The van der Waals surface area contributed by atoms with E-state index >= 15 is 0 Å². The van der Waals surface area contributed by atoms with Crippen molar-refractivity contribution in [2.24, 2.45) is 5.41 Å². The second kappa shape index (κ2) is 6.27. The van der Waals surface area contributed by atoms with Crippen LogP contribution in [0.2, 0.25) is 0 Å². The summed E-state index contributed by atoms with van der Waals surface area (Å²) in [5.41, 5.74) is 0.430. The van der Waals surface area contributed by atoms with Gasteiger partial charge in [-0.1, -0.05) is 25.6 Å². The molecule has 0 aliphatic heterocycles. The van der Waals surface area contributed by atoms with E-state index in [1.54, 1.807) is 6.07 Å². The summed E-state index contributed by atoms with van der Waals surface area (Å²) in [6.45, 7) is 5.27. The molecule has 1 atom stereocenters. The number of hydrogen-bond donors (Lipinski definition) is 1. The van der Waals surface area contributed by atoms with E-state index in [-0.39, 0.29) is 5.75 Å². The molecule has 0 bridgehead atoms. The van der Waals surface area contributed by atoms with Crippen molar-refractivity contribution in [3.05, 3.63) is 23.7 Å². The van der Waals surface area contributed by atoms with Crippen LogP contribution in [0.3, 0.4) is 0 Å². The molecule has 2 nitrogen and oxygen atoms in total. The molecule has 1 heterocycles. The topological polar surface area (TPSA) is 25.2 Å². The zero-order valence-corrected chi connectivity index (χ0v) is 12.2. The van der Waals surface area contributed by atoms with Crippen LogP contribution in [-0.2, 0) is 12.3 Å². The van der Waals surface area contributed by atoms with Gasteiger partial charge in [0.05, 0.1) is 12.3 Å². The molecule has 1 aromatic rings. The highest BCUT2D eigenvalue weighted by molar-refractivity contribution is 7.98. The average Bonchev–Trinajstić information content (AvgIpc) is 2.90. The lowest BCUT2D eigenvalue weighted by molar-refractivity contribution is 0.251. The molecule has 1 fully saturated rings. The fraction of sp³-hybridized carbons (Fsp3) is 0.714. The highest BCUT2D eigenvalue weighted by atomic mass is 32.2. The van der Waals surface area contributed by atoms with Gasteiger partial charge in [-0.15, -0.1) is 0 Å². The van der Waals surface area contributed by atoms with Gasteiger partial charge in [-0.05, 0) is 36.8 Å². The summed E-state index contributed by atoms with van der Waals surface area (Å²) < 4.78 is 29.7. The van der Waals surface area contributed by atoms with Gasteiger partial charge in [-0.25, -0.2) is 0 Å². The van der Waals surface area contributed by atoms with Crippen molar-refractivity contribution in [3.8, 4) is 0 Å². The van der Waals surface area contributed by atoms with Crippen LogP contribution in [0.5, 0.6) is 0 Å². The molecule has 5 heteroatoms. The van der Waals surface area contributed by atoms with Crippen molar-refractivity contribution in [1.29, 1.82) is 0 Å². The van der Waals surface area contributed by atoms with Crippen molar-refractivity contribution in [2.75, 3.05) is 0 Å². The van der Waals surface area contributed by atoms with Crippen LogP contribution in [0, 0.1) is 5.41 Å². The number of alkyl halides is 2. The molecule has 0 radical (unpaired) electrons. The minimum atomic E-state index is -2.34. The summed E-state index contributed by atoms with van der Waals surface area (Å²) in [5.74, 6) is -0.662. The lowest BCUT2D eigenvalue weighted by atomic mass is 9.92. The first-order valence-electron chi connectivity index (χ1n) is 6.65. The average molecular weight is 289 g/mol. The maximum absolute atomic E-state index is 12.1. The summed E-state index contributed by atoms with van der Waals surface area (Å²) in [6, 6.07) is 4.19. The molecule has 108 valence electrons. The highest BCUT2D eigenvalue weighted by Crippen LogP contribution is 2.37. The van der Waals surface area contributed by atoms with Crippen LogP contribution in [0.4, 0.5) is 8.78 Å². The molecular weight excluding hydrogens is 268 g/mol. The Bertz CT molecular complexity index is 406. The fourth-order valence-corrected chi connectivity index (χ4v) is 3.04. The summed E-state index contributed by atoms with van der Waals surface area (Å²) in [4.78, 5) is 0. The molecule has 0 spiro atoms. The predicted octanol–water partition coefficient (Wildman–Crippen LogP) is 4.40. The Morgan fingerprint density at radius 1 is 1.42 bits per heavy atom. The van der Waals surface area contributed by atoms with Gasteiger partial charge in [-0.2, -0.15) is 8.78 Å². The maximum atomic E-state index is 12.1. The summed E-state index contributed by atoms with van der Waals surface area (Å²) in [7, 11) is 0. The molecule has 1 aliphatic carbocycles. The number of hydrogen-bond acceptors (Lipinski definition) is 3. The maximum Gasteiger partial charge on any atom is 0.284 e. The van der Waals surface area contributed by atoms with Gasteiger partial charge in [0.15, 0.2) is 0 Å². The standard InChI is InChI=1S/C14H21F2NOS/c1-14(2)6-5-10(7-14)17-8-11-3-4-12(18-11)9-19-13(15)16/h3-4,10,13,17H,5-9H2,1-2H3. The number of nitrogens with one attached hydrogen (secondary N) is 1. The molecule has 1 N–H and O–H groups in total. The van der Waals surface area contributed by atoms with Gasteiger partial charge in [0.1, 0.15) is 11.5 Å². The summed E-state index contributed by atoms with van der Waals surface area (Å²) in [5, 5.41) is 3.48. The van der Waals surface area contributed by atoms with Crippen LogP contribution in [0.1, 0.15) is 44.6 Å². The Labute approximate surface area is 117 Å². The Balaban J connectivity index is 1.74. The lowest BCUT2D eigenvalue weighted by Crippen LogP contribution is -2.26. The Kier molecular flexibility index (Phi) is 4.90. The first kappa shape index (κ1) is 14.9. The van der Waals surface area contributed by atoms with Gasteiger partial charge >= 0.3 is 0 Å². The van der Waals surface area contributed by atoms with Crippen molar-refractivity contribution in [3.63, 3.8) is 0 Å². The lowest BCUT2D eigenvalue weighted by Gasteiger charge is -2.17. The Morgan fingerprint density at radius 2 is 2.16 bits per heavy atom. The van der Waals surface area contributed by atoms with E-state index in [0.29, 0.717) is 35.5 Å². The molecule has 0 saturated heterocycles. The number of furan rings is 1. The number of thioether (sulfide) groups is 1. The summed E-state index contributed by atoms with van der Waals surface area (Å²) >= 11 is 0.593. The van der Waals surface area contributed by atoms with Crippen LogP contribution in [0.25, 0.3) is 0 Å². The molecule has 2 rings (SSSR count). The summed E-state index contributed by atoms with van der Waals surface area (Å²) in [6.07, 6.45) is 3.63. The normalized spacial score (nSPS) is 22.3. The minimum Gasteiger partial charge on any atom is -0.464 e. The van der Waals surface area contributed by atoms with Gasteiger partial charge in [0, 0.05) is 6.04 Å². The van der Waals surface area contributed by atoms with Crippen LogP contribution in [0.15, 0.2) is 16.5 Å². The zero-order valence-electron chi connectivity index (χ0n) is 11.4. The van der Waals surface area contributed by atoms with Gasteiger partial charge in [0.25, 0.3) is 5.76 Å². The van der Waals surface area contributed by atoms with Crippen LogP contribution in [-0.4, -0.2) is 11.8 Å². The SMILES string of the molecule is CC1(C)CCC(NCc2ccc(CSC(F)F)o2)C1. The largest absolute Gasteiger partial charge is 0.464 e. The van der Waals surface area contributed by atoms with Gasteiger partial charge in [-0.3, -0.25) is 0 Å². The van der Waals surface area contributed by atoms with Crippen molar-refractivity contribution >= 4 is 11.8 Å². The molecule has 0 aromatic carbocycles. The molecule has 1 aliphatic rings. The third kappa shape index (κ3) is 4.80. The van der Waals surface area contributed by atoms with Crippen LogP contribution < -0.4 is 5.32 Å². The van der Waals surface area contributed by atoms with Crippen molar-refractivity contribution in [2.45, 2.75) is 57.2 Å². The third-order valence-electron chi connectivity index (χ3n) is 3.60. The van der Waals surface area contributed by atoms with Crippen molar-refractivity contribution in [1.82, 2.24) is 5.32 Å². The molecule has 0 amide bonds. The Hall–Kier alpha value is -0.550. The van der Waals surface area contributed by atoms with E-state index < -0.39 is 5.76 Å². The minimum absolute atomic E-state index is 0.230. The van der Waals surface area contributed by atoms with Gasteiger partial charge in [0.2, 0.25) is 0 Å². The smallest absolute Gasteiger partial charge is 0.284 e. The number of rotatable bonds is 6. The fourth-order valence-electron chi connectivity index (χ4n) is 2.60. The van der Waals surface area contributed by atoms with E-state index in [4.69, 9.17) is 4.42 Å². The van der Waals surface area contributed by atoms with E-state index in [9.17, 15) is 8.78 Å². The first-order chi connectivity index (χ1) is 8.94. The highest BCUT2D eigenvalue weighted by Gasteiger charge is 2.30. The molecule has 1 aromatic heterocycles. The molecule has 1 saturated carbocycles. The third-order valence-corrected chi connectivity index (χ3v) is 4.31. The van der Waals surface area contributed by atoms with E-state index in [0.717, 1.165) is 5.76 Å². The second-order valence-corrected chi connectivity index (χ2v) is 6.90.